The average Bonchev–Trinajstić information content (AvgIpc) is 2.46. The van der Waals surface area contributed by atoms with E-state index in [1.165, 1.54) is 11.9 Å². The first-order chi connectivity index (χ1) is 10.6. The molecule has 0 heterocycles. The van der Waals surface area contributed by atoms with Crippen molar-refractivity contribution in [3.8, 4) is 0 Å². The minimum atomic E-state index is -1.13. The summed E-state index contributed by atoms with van der Waals surface area (Å²) >= 11 is 0. The van der Waals surface area contributed by atoms with Gasteiger partial charge in [0.1, 0.15) is 0 Å². The summed E-state index contributed by atoms with van der Waals surface area (Å²) < 4.78 is 25.9. The van der Waals surface area contributed by atoms with Gasteiger partial charge in [0.2, 0.25) is 5.91 Å². The summed E-state index contributed by atoms with van der Waals surface area (Å²) in [6, 6.07) is 2.34. The third kappa shape index (κ3) is 4.99. The van der Waals surface area contributed by atoms with Gasteiger partial charge in [-0.25, -0.2) is 8.78 Å². The van der Waals surface area contributed by atoms with Crippen molar-refractivity contribution in [3.63, 3.8) is 0 Å². The number of nitrogens with zero attached hydrogens (tertiary/aromatic N) is 1. The molecule has 1 atom stereocenters. The zero-order valence-corrected chi connectivity index (χ0v) is 13.7. The van der Waals surface area contributed by atoms with Gasteiger partial charge < -0.3 is 15.3 Å². The molecule has 1 aromatic rings. The largest absolute Gasteiger partial charge is 0.394 e. The van der Waals surface area contributed by atoms with Gasteiger partial charge in [0.05, 0.1) is 19.2 Å². The van der Waals surface area contributed by atoms with E-state index in [2.05, 4.69) is 5.32 Å². The maximum atomic E-state index is 13.1. The molecule has 2 N–H and O–H groups in total. The van der Waals surface area contributed by atoms with Crippen molar-refractivity contribution < 1.29 is 23.5 Å². The van der Waals surface area contributed by atoms with Crippen LogP contribution in [0.4, 0.5) is 8.78 Å². The van der Waals surface area contributed by atoms with Gasteiger partial charge in [-0.15, -0.1) is 0 Å². The van der Waals surface area contributed by atoms with Crippen LogP contribution in [0.5, 0.6) is 0 Å². The van der Waals surface area contributed by atoms with Crippen LogP contribution in [-0.2, 0) is 4.79 Å². The first-order valence-electron chi connectivity index (χ1n) is 7.17. The molecule has 0 aliphatic heterocycles. The van der Waals surface area contributed by atoms with E-state index in [0.29, 0.717) is 0 Å². The van der Waals surface area contributed by atoms with Gasteiger partial charge in [-0.1, -0.05) is 20.8 Å². The van der Waals surface area contributed by atoms with Crippen molar-refractivity contribution in [3.05, 3.63) is 35.4 Å². The minimum absolute atomic E-state index is 0.0751. The molecule has 128 valence electrons. The van der Waals surface area contributed by atoms with Crippen LogP contribution in [0.25, 0.3) is 0 Å². The van der Waals surface area contributed by atoms with E-state index in [1.54, 1.807) is 0 Å². The SMILES string of the molecule is CN(C(=O)CNC(=O)c1ccc(F)c(F)c1)[C@H](CO)C(C)(C)C. The second-order valence-corrected chi connectivity index (χ2v) is 6.38. The lowest BCUT2D eigenvalue weighted by molar-refractivity contribution is -0.134. The highest BCUT2D eigenvalue weighted by Crippen LogP contribution is 2.23. The van der Waals surface area contributed by atoms with Crippen LogP contribution in [0.1, 0.15) is 31.1 Å². The van der Waals surface area contributed by atoms with Crippen LogP contribution in [-0.4, -0.2) is 48.1 Å². The number of likely N-dealkylation sites (N-methyl/N-ethyl adjacent to an activating group) is 1. The Labute approximate surface area is 134 Å². The van der Waals surface area contributed by atoms with Crippen molar-refractivity contribution in [2.45, 2.75) is 26.8 Å². The Kier molecular flexibility index (Phi) is 6.20. The fourth-order valence-electron chi connectivity index (χ4n) is 2.17. The zero-order valence-electron chi connectivity index (χ0n) is 13.7. The molecule has 0 aliphatic rings. The van der Waals surface area contributed by atoms with Gasteiger partial charge in [0.15, 0.2) is 11.6 Å². The molecular weight excluding hydrogens is 306 g/mol. The average molecular weight is 328 g/mol. The molecular formula is C16H22F2N2O3. The fourth-order valence-corrected chi connectivity index (χ4v) is 2.17. The molecule has 7 heteroatoms. The molecule has 1 aromatic carbocycles. The molecule has 0 fully saturated rings. The second-order valence-electron chi connectivity index (χ2n) is 6.38. The number of amides is 2. The number of carbonyl (C=O) groups excluding carboxylic acids is 2. The van der Waals surface area contributed by atoms with Crippen molar-refractivity contribution in [2.75, 3.05) is 20.2 Å². The smallest absolute Gasteiger partial charge is 0.251 e. The summed E-state index contributed by atoms with van der Waals surface area (Å²) in [5.74, 6) is -3.25. The van der Waals surface area contributed by atoms with Gasteiger partial charge in [-0.3, -0.25) is 9.59 Å². The predicted molar refractivity (Wildman–Crippen MR) is 81.8 cm³/mol. The first kappa shape index (κ1) is 19.0. The number of nitrogens with one attached hydrogen (secondary N) is 1. The van der Waals surface area contributed by atoms with E-state index in [4.69, 9.17) is 0 Å². The number of rotatable bonds is 5. The molecule has 0 aliphatic carbocycles. The van der Waals surface area contributed by atoms with Crippen molar-refractivity contribution >= 4 is 11.8 Å². The molecule has 0 unspecified atom stereocenters. The summed E-state index contributed by atoms with van der Waals surface area (Å²) in [6.07, 6.45) is 0. The molecule has 0 saturated carbocycles. The van der Waals surface area contributed by atoms with Crippen LogP contribution >= 0.6 is 0 Å². The number of hydrogen-bond acceptors (Lipinski definition) is 3. The number of aliphatic hydroxyl groups is 1. The molecule has 0 aromatic heterocycles. The molecule has 5 nitrogen and oxygen atoms in total. The number of halogens is 2. The molecule has 0 spiro atoms. The Morgan fingerprint density at radius 1 is 1.26 bits per heavy atom. The summed E-state index contributed by atoms with van der Waals surface area (Å²) in [5.41, 5.74) is -0.405. The summed E-state index contributed by atoms with van der Waals surface area (Å²) in [4.78, 5) is 25.3. The molecule has 0 saturated heterocycles. The van der Waals surface area contributed by atoms with E-state index < -0.39 is 29.5 Å². The third-order valence-corrected chi connectivity index (χ3v) is 3.62. The van der Waals surface area contributed by atoms with Crippen molar-refractivity contribution in [1.29, 1.82) is 0 Å². The molecule has 0 radical (unpaired) electrons. The van der Waals surface area contributed by atoms with Crippen LogP contribution in [0.2, 0.25) is 0 Å². The van der Waals surface area contributed by atoms with Gasteiger partial charge in [0.25, 0.3) is 5.91 Å². The van der Waals surface area contributed by atoms with Crippen LogP contribution in [0.3, 0.4) is 0 Å². The van der Waals surface area contributed by atoms with Gasteiger partial charge in [0, 0.05) is 12.6 Å². The summed E-state index contributed by atoms with van der Waals surface area (Å²) in [6.45, 7) is 5.15. The molecule has 23 heavy (non-hydrogen) atoms. The summed E-state index contributed by atoms with van der Waals surface area (Å²) in [7, 11) is 1.54. The third-order valence-electron chi connectivity index (χ3n) is 3.62. The van der Waals surface area contributed by atoms with Crippen LogP contribution in [0, 0.1) is 17.0 Å². The van der Waals surface area contributed by atoms with Gasteiger partial charge in [-0.2, -0.15) is 0 Å². The molecule has 0 bridgehead atoms. The lowest BCUT2D eigenvalue weighted by atomic mass is 9.86. The lowest BCUT2D eigenvalue weighted by Gasteiger charge is -2.36. The first-order valence-corrected chi connectivity index (χ1v) is 7.17. The molecule has 2 amide bonds. The summed E-state index contributed by atoms with van der Waals surface area (Å²) in [5, 5.41) is 11.8. The van der Waals surface area contributed by atoms with Crippen molar-refractivity contribution in [1.82, 2.24) is 10.2 Å². The highest BCUT2D eigenvalue weighted by atomic mass is 19.2. The molecule has 1 rings (SSSR count). The monoisotopic (exact) mass is 328 g/mol. The number of benzene rings is 1. The van der Waals surface area contributed by atoms with Gasteiger partial charge in [-0.05, 0) is 23.6 Å². The van der Waals surface area contributed by atoms with E-state index in [1.807, 2.05) is 20.8 Å². The Bertz CT molecular complexity index is 585. The van der Waals surface area contributed by atoms with Crippen LogP contribution < -0.4 is 5.32 Å². The quantitative estimate of drug-likeness (QED) is 0.862. The lowest BCUT2D eigenvalue weighted by Crippen LogP contribution is -2.50. The highest BCUT2D eigenvalue weighted by Gasteiger charge is 2.30. The van der Waals surface area contributed by atoms with E-state index in [9.17, 15) is 23.5 Å². The Morgan fingerprint density at radius 3 is 2.35 bits per heavy atom. The van der Waals surface area contributed by atoms with Crippen LogP contribution in [0.15, 0.2) is 18.2 Å². The topological polar surface area (TPSA) is 69.6 Å². The second kappa shape index (κ2) is 7.50. The standard InChI is InChI=1S/C16H22F2N2O3/c1-16(2,3)13(9-21)20(4)14(22)8-19-15(23)10-5-6-11(17)12(18)7-10/h5-7,13,21H,8-9H2,1-4H3,(H,19,23)/t13-/m1/s1. The Balaban J connectivity index is 2.68. The van der Waals surface area contributed by atoms with E-state index in [0.717, 1.165) is 18.2 Å². The van der Waals surface area contributed by atoms with Gasteiger partial charge >= 0.3 is 0 Å². The maximum Gasteiger partial charge on any atom is 0.251 e. The number of aliphatic hydroxyl groups excluding tert-OH is 1. The fraction of sp³-hybridized carbons (Fsp3) is 0.500. The minimum Gasteiger partial charge on any atom is -0.394 e. The Morgan fingerprint density at radius 2 is 1.87 bits per heavy atom. The Hall–Kier alpha value is -2.02. The normalized spacial score (nSPS) is 12.7. The number of carbonyl (C=O) groups is 2. The van der Waals surface area contributed by atoms with E-state index >= 15 is 0 Å². The highest BCUT2D eigenvalue weighted by molar-refractivity contribution is 5.96. The maximum absolute atomic E-state index is 13.1. The predicted octanol–water partition coefficient (Wildman–Crippen LogP) is 1.56. The number of hydrogen-bond donors (Lipinski definition) is 2. The zero-order chi connectivity index (χ0) is 17.8. The van der Waals surface area contributed by atoms with Crippen molar-refractivity contribution in [2.24, 2.45) is 5.41 Å². The van der Waals surface area contributed by atoms with E-state index in [-0.39, 0.29) is 24.1 Å².